The van der Waals surface area contributed by atoms with Crippen molar-refractivity contribution in [3.05, 3.63) is 83.1 Å². The quantitative estimate of drug-likeness (QED) is 0.227. The van der Waals surface area contributed by atoms with Gasteiger partial charge in [-0.25, -0.2) is 0 Å². The molecule has 10 nitrogen and oxygen atoms in total. The molecule has 3 rings (SSSR count). The predicted octanol–water partition coefficient (Wildman–Crippen LogP) is 4.18. The highest BCUT2D eigenvalue weighted by Crippen LogP contribution is 2.42. The Morgan fingerprint density at radius 2 is 1.38 bits per heavy atom. The average Bonchev–Trinajstić information content (AvgIpc) is 2.82. The number of carbonyl (C=O) groups excluding carboxylic acids is 4. The summed E-state index contributed by atoms with van der Waals surface area (Å²) in [7, 11) is 0. The largest absolute Gasteiger partial charge is 0.481 e. The zero-order valence-electron chi connectivity index (χ0n) is 21.6. The van der Waals surface area contributed by atoms with Gasteiger partial charge in [-0.3, -0.25) is 24.0 Å². The van der Waals surface area contributed by atoms with Gasteiger partial charge in [0.1, 0.15) is 11.5 Å². The molecule has 0 fully saturated rings. The highest BCUT2D eigenvalue weighted by atomic mass is 16.6. The molecular weight excluding hydrogens is 508 g/mol. The number of carboxylic acid groups (broad SMARTS) is 1. The fraction of sp³-hybridized carbons (Fsp3) is 0.207. The Hall–Kier alpha value is -4.99. The Morgan fingerprint density at radius 3 is 1.92 bits per heavy atom. The van der Waals surface area contributed by atoms with Crippen molar-refractivity contribution in [1.29, 1.82) is 0 Å². The van der Waals surface area contributed by atoms with E-state index in [4.69, 9.17) is 18.9 Å². The molecule has 10 heteroatoms. The molecule has 2 unspecified atom stereocenters. The highest BCUT2D eigenvalue weighted by molar-refractivity contribution is 5.79. The van der Waals surface area contributed by atoms with Gasteiger partial charge in [0.15, 0.2) is 5.76 Å². The molecule has 2 atom stereocenters. The smallest absolute Gasteiger partial charge is 0.314 e. The average molecular weight is 535 g/mol. The monoisotopic (exact) mass is 534 g/mol. The van der Waals surface area contributed by atoms with Crippen molar-refractivity contribution in [2.45, 2.75) is 33.3 Å². The second-order valence-corrected chi connectivity index (χ2v) is 8.52. The van der Waals surface area contributed by atoms with Gasteiger partial charge in [0.2, 0.25) is 5.60 Å². The summed E-state index contributed by atoms with van der Waals surface area (Å²) < 4.78 is 21.4. The molecule has 1 aliphatic carbocycles. The van der Waals surface area contributed by atoms with Crippen LogP contribution in [0.2, 0.25) is 0 Å². The molecule has 0 bridgehead atoms. The second-order valence-electron chi connectivity index (χ2n) is 8.52. The van der Waals surface area contributed by atoms with Crippen molar-refractivity contribution in [1.82, 2.24) is 0 Å². The summed E-state index contributed by atoms with van der Waals surface area (Å²) in [4.78, 5) is 58.8. The summed E-state index contributed by atoms with van der Waals surface area (Å²) in [6.07, 6.45) is 7.22. The Bertz CT molecular complexity index is 1380. The number of esters is 4. The van der Waals surface area contributed by atoms with Crippen molar-refractivity contribution in [2.24, 2.45) is 5.92 Å². The van der Waals surface area contributed by atoms with E-state index in [1.165, 1.54) is 45.1 Å². The van der Waals surface area contributed by atoms with Gasteiger partial charge in [0.05, 0.1) is 5.92 Å². The molecule has 0 amide bonds. The van der Waals surface area contributed by atoms with Gasteiger partial charge in [-0.1, -0.05) is 42.5 Å². The lowest BCUT2D eigenvalue weighted by atomic mass is 9.81. The van der Waals surface area contributed by atoms with Gasteiger partial charge in [0, 0.05) is 39.3 Å². The third kappa shape index (κ3) is 7.29. The zero-order valence-corrected chi connectivity index (χ0v) is 21.6. The Kier molecular flexibility index (Phi) is 8.82. The lowest BCUT2D eigenvalue weighted by molar-refractivity contribution is -0.158. The molecule has 39 heavy (non-hydrogen) atoms. The zero-order chi connectivity index (χ0) is 28.7. The minimum Gasteiger partial charge on any atom is -0.481 e. The molecule has 1 aliphatic rings. The number of aliphatic carboxylic acids is 1. The van der Waals surface area contributed by atoms with E-state index >= 15 is 0 Å². The molecule has 0 aromatic heterocycles. The van der Waals surface area contributed by atoms with E-state index in [0.717, 1.165) is 6.92 Å². The first-order chi connectivity index (χ1) is 18.4. The summed E-state index contributed by atoms with van der Waals surface area (Å²) in [6, 6.07) is 11.3. The molecule has 2 aromatic rings. The summed E-state index contributed by atoms with van der Waals surface area (Å²) >= 11 is 0. The van der Waals surface area contributed by atoms with Crippen LogP contribution in [-0.4, -0.2) is 35.0 Å². The number of ether oxygens (including phenoxy) is 4. The Balaban J connectivity index is 2.15. The Labute approximate surface area is 224 Å². The first-order valence-corrected chi connectivity index (χ1v) is 11.7. The minimum atomic E-state index is -1.74. The van der Waals surface area contributed by atoms with Crippen LogP contribution in [-0.2, 0) is 39.0 Å². The van der Waals surface area contributed by atoms with Crippen molar-refractivity contribution < 1.29 is 48.0 Å². The number of hydrogen-bond donors (Lipinski definition) is 1. The van der Waals surface area contributed by atoms with Crippen molar-refractivity contribution >= 4 is 42.0 Å². The molecule has 2 aromatic carbocycles. The first-order valence-electron chi connectivity index (χ1n) is 11.7. The number of rotatable bonds is 8. The molecular formula is C29H26O10. The lowest BCUT2D eigenvalue weighted by Gasteiger charge is -2.35. The lowest BCUT2D eigenvalue weighted by Crippen LogP contribution is -2.37. The van der Waals surface area contributed by atoms with Crippen LogP contribution in [0.15, 0.2) is 66.5 Å². The van der Waals surface area contributed by atoms with Crippen LogP contribution in [0.4, 0.5) is 0 Å². The van der Waals surface area contributed by atoms with E-state index in [1.807, 2.05) is 0 Å². The fourth-order valence-electron chi connectivity index (χ4n) is 3.98. The maximum absolute atomic E-state index is 12.2. The van der Waals surface area contributed by atoms with Gasteiger partial charge < -0.3 is 24.1 Å². The molecule has 0 aliphatic heterocycles. The van der Waals surface area contributed by atoms with Crippen molar-refractivity contribution in [3.63, 3.8) is 0 Å². The molecule has 202 valence electrons. The van der Waals surface area contributed by atoms with Gasteiger partial charge >= 0.3 is 29.8 Å². The first kappa shape index (κ1) is 28.6. The van der Waals surface area contributed by atoms with E-state index in [1.54, 1.807) is 48.6 Å². The maximum Gasteiger partial charge on any atom is 0.314 e. The highest BCUT2D eigenvalue weighted by Gasteiger charge is 2.44. The van der Waals surface area contributed by atoms with E-state index in [-0.39, 0.29) is 17.3 Å². The van der Waals surface area contributed by atoms with Gasteiger partial charge in [-0.15, -0.1) is 0 Å². The molecule has 0 spiro atoms. The molecule has 0 saturated heterocycles. The predicted molar refractivity (Wildman–Crippen MR) is 138 cm³/mol. The molecule has 0 heterocycles. The standard InChI is InChI=1S/C29H26O10/c1-17(30)36-24-13-21(14-25(16-24)37-18(2)31)9-10-22-7-5-6-8-26(22)29(39-20(4)33)12-11-23(28(34)35)15-27(29)38-19(3)32/h5-16,23H,1-4H3,(H,34,35)/b10-9+. The molecule has 0 saturated carbocycles. The van der Waals surface area contributed by atoms with Gasteiger partial charge in [-0.2, -0.15) is 0 Å². The van der Waals surface area contributed by atoms with E-state index in [0.29, 0.717) is 16.7 Å². The minimum absolute atomic E-state index is 0.153. The van der Waals surface area contributed by atoms with Crippen LogP contribution in [0, 0.1) is 5.92 Å². The third-order valence-corrected chi connectivity index (χ3v) is 5.32. The summed E-state index contributed by atoms with van der Waals surface area (Å²) in [5.41, 5.74) is -0.350. The molecule has 0 radical (unpaired) electrons. The molecule has 1 N–H and O–H groups in total. The Morgan fingerprint density at radius 1 is 0.795 bits per heavy atom. The SMILES string of the molecule is CC(=O)OC1=CC(C(=O)O)C=CC1(OC(C)=O)c1ccccc1/C=C/c1cc(OC(C)=O)cc(OC(C)=O)c1. The number of benzene rings is 2. The van der Waals surface area contributed by atoms with Crippen LogP contribution < -0.4 is 9.47 Å². The summed E-state index contributed by atoms with van der Waals surface area (Å²) in [5.74, 6) is -4.72. The summed E-state index contributed by atoms with van der Waals surface area (Å²) in [5, 5.41) is 9.51. The maximum atomic E-state index is 12.2. The second kappa shape index (κ2) is 12.0. The normalized spacial score (nSPS) is 18.2. The number of hydrogen-bond acceptors (Lipinski definition) is 9. The number of carbonyl (C=O) groups is 5. The van der Waals surface area contributed by atoms with Crippen LogP contribution in [0.25, 0.3) is 12.2 Å². The number of carboxylic acids is 1. The topological polar surface area (TPSA) is 143 Å². The van der Waals surface area contributed by atoms with Crippen LogP contribution in [0.3, 0.4) is 0 Å². The van der Waals surface area contributed by atoms with Crippen LogP contribution in [0.5, 0.6) is 11.5 Å². The van der Waals surface area contributed by atoms with Gasteiger partial charge in [0.25, 0.3) is 0 Å². The van der Waals surface area contributed by atoms with Crippen molar-refractivity contribution in [2.75, 3.05) is 0 Å². The third-order valence-electron chi connectivity index (χ3n) is 5.32. The van der Waals surface area contributed by atoms with E-state index in [2.05, 4.69) is 0 Å². The van der Waals surface area contributed by atoms with Crippen molar-refractivity contribution in [3.8, 4) is 11.5 Å². The van der Waals surface area contributed by atoms with Gasteiger partial charge in [-0.05, 0) is 35.4 Å². The fourth-order valence-corrected chi connectivity index (χ4v) is 3.98. The van der Waals surface area contributed by atoms with Crippen LogP contribution >= 0.6 is 0 Å². The van der Waals surface area contributed by atoms with E-state index < -0.39 is 41.4 Å². The van der Waals surface area contributed by atoms with E-state index in [9.17, 15) is 29.1 Å². The summed E-state index contributed by atoms with van der Waals surface area (Å²) in [6.45, 7) is 4.80. The van der Waals surface area contributed by atoms with Crippen LogP contribution in [0.1, 0.15) is 44.4 Å².